The van der Waals surface area contributed by atoms with Gasteiger partial charge >= 0.3 is 0 Å². The Labute approximate surface area is 100 Å². The van der Waals surface area contributed by atoms with E-state index in [-0.39, 0.29) is 0 Å². The summed E-state index contributed by atoms with van der Waals surface area (Å²) in [7, 11) is 0. The van der Waals surface area contributed by atoms with Crippen molar-refractivity contribution in [3.63, 3.8) is 0 Å². The van der Waals surface area contributed by atoms with Crippen LogP contribution in [0.5, 0.6) is 0 Å². The molecular formula is C11H18FN3O2. The summed E-state index contributed by atoms with van der Waals surface area (Å²) in [5.41, 5.74) is 3.14. The second kappa shape index (κ2) is 7.29. The monoisotopic (exact) mass is 243 g/mol. The number of hydrogen-bond acceptors (Lipinski definition) is 5. The second-order valence-corrected chi connectivity index (χ2v) is 3.36. The van der Waals surface area contributed by atoms with Gasteiger partial charge in [-0.1, -0.05) is 0 Å². The first-order chi connectivity index (χ1) is 8.22. The van der Waals surface area contributed by atoms with Crippen molar-refractivity contribution < 1.29 is 13.9 Å². The van der Waals surface area contributed by atoms with Crippen LogP contribution in [0.3, 0.4) is 0 Å². The van der Waals surface area contributed by atoms with Gasteiger partial charge < -0.3 is 9.47 Å². The number of hydrogen-bond donors (Lipinski definition) is 2. The van der Waals surface area contributed by atoms with E-state index in [1.807, 2.05) is 13.8 Å². The highest BCUT2D eigenvalue weighted by atomic mass is 19.1. The maximum Gasteiger partial charge on any atom is 0.178 e. The third-order valence-corrected chi connectivity index (χ3v) is 2.20. The van der Waals surface area contributed by atoms with Crippen LogP contribution >= 0.6 is 0 Å². The third-order valence-electron chi connectivity index (χ3n) is 2.20. The Kier molecular flexibility index (Phi) is 5.99. The van der Waals surface area contributed by atoms with Gasteiger partial charge in [-0.25, -0.2) is 9.82 Å². The number of nitrogens with two attached hydrogens (primary N) is 1. The zero-order valence-electron chi connectivity index (χ0n) is 10.0. The largest absolute Gasteiger partial charge is 0.351 e. The average molecular weight is 243 g/mol. The Balaban J connectivity index is 2.87. The molecule has 0 amide bonds. The maximum atomic E-state index is 13.1. The molecule has 0 bridgehead atoms. The molecule has 1 unspecified atom stereocenters. The van der Waals surface area contributed by atoms with Crippen LogP contribution in [0.2, 0.25) is 0 Å². The fraction of sp³-hybridized carbons (Fsp3) is 0.545. The standard InChI is InChI=1S/C11H18FN3O2/c1-3-16-11(17-4-2)10(15-13)8-5-9(12)7-14-6-8/h5-7,10-11,15H,3-4,13H2,1-2H3. The van der Waals surface area contributed by atoms with Gasteiger partial charge in [0.15, 0.2) is 6.29 Å². The lowest BCUT2D eigenvalue weighted by atomic mass is 10.1. The number of nitrogens with one attached hydrogen (secondary N) is 1. The van der Waals surface area contributed by atoms with Gasteiger partial charge in [-0.3, -0.25) is 10.8 Å². The Hall–Kier alpha value is -1.08. The SMILES string of the molecule is CCOC(OCC)C(NN)c1cncc(F)c1. The van der Waals surface area contributed by atoms with Crippen LogP contribution < -0.4 is 11.3 Å². The summed E-state index contributed by atoms with van der Waals surface area (Å²) in [4.78, 5) is 3.77. The molecule has 3 N–H and O–H groups in total. The molecule has 0 spiro atoms. The van der Waals surface area contributed by atoms with Crippen molar-refractivity contribution in [2.75, 3.05) is 13.2 Å². The Morgan fingerprint density at radius 3 is 2.47 bits per heavy atom. The Bertz CT molecular complexity index is 332. The summed E-state index contributed by atoms with van der Waals surface area (Å²) in [5, 5.41) is 0. The summed E-state index contributed by atoms with van der Waals surface area (Å²) in [6, 6.07) is 0.890. The van der Waals surface area contributed by atoms with E-state index in [1.165, 1.54) is 12.3 Å². The number of ether oxygens (including phenoxy) is 2. The Morgan fingerprint density at radius 1 is 1.35 bits per heavy atom. The van der Waals surface area contributed by atoms with Gasteiger partial charge in [-0.15, -0.1) is 0 Å². The van der Waals surface area contributed by atoms with Crippen LogP contribution in [-0.2, 0) is 9.47 Å². The van der Waals surface area contributed by atoms with E-state index < -0.39 is 18.1 Å². The minimum absolute atomic E-state index is 0.422. The van der Waals surface area contributed by atoms with Crippen molar-refractivity contribution in [2.45, 2.75) is 26.2 Å². The molecule has 5 nitrogen and oxygen atoms in total. The molecule has 0 aliphatic heterocycles. The van der Waals surface area contributed by atoms with E-state index in [0.717, 1.165) is 6.20 Å². The number of nitrogens with zero attached hydrogens (tertiary/aromatic N) is 1. The van der Waals surface area contributed by atoms with Crippen molar-refractivity contribution in [1.29, 1.82) is 0 Å². The number of halogens is 1. The molecule has 0 saturated carbocycles. The molecule has 1 aromatic rings. The Morgan fingerprint density at radius 2 is 2.00 bits per heavy atom. The number of rotatable bonds is 7. The quantitative estimate of drug-likeness (QED) is 0.427. The number of pyridine rings is 1. The predicted molar refractivity (Wildman–Crippen MR) is 61.3 cm³/mol. The van der Waals surface area contributed by atoms with Crippen LogP contribution in [0, 0.1) is 5.82 Å². The van der Waals surface area contributed by atoms with E-state index in [9.17, 15) is 4.39 Å². The fourth-order valence-corrected chi connectivity index (χ4v) is 1.50. The van der Waals surface area contributed by atoms with Crippen LogP contribution in [0.15, 0.2) is 18.5 Å². The molecule has 96 valence electrons. The van der Waals surface area contributed by atoms with E-state index in [4.69, 9.17) is 15.3 Å². The normalized spacial score (nSPS) is 13.0. The van der Waals surface area contributed by atoms with Crippen LogP contribution in [-0.4, -0.2) is 24.5 Å². The summed E-state index contributed by atoms with van der Waals surface area (Å²) in [6.07, 6.45) is 2.09. The number of hydrazine groups is 1. The zero-order chi connectivity index (χ0) is 12.7. The van der Waals surface area contributed by atoms with Gasteiger partial charge in [-0.05, 0) is 25.5 Å². The smallest absolute Gasteiger partial charge is 0.178 e. The highest BCUT2D eigenvalue weighted by molar-refractivity contribution is 5.15. The zero-order valence-corrected chi connectivity index (χ0v) is 10.0. The molecule has 0 radical (unpaired) electrons. The molecule has 0 aliphatic carbocycles. The highest BCUT2D eigenvalue weighted by Crippen LogP contribution is 2.19. The average Bonchev–Trinajstić information content (AvgIpc) is 2.31. The molecule has 0 aromatic carbocycles. The lowest BCUT2D eigenvalue weighted by Gasteiger charge is -2.26. The lowest BCUT2D eigenvalue weighted by molar-refractivity contribution is -0.155. The molecule has 0 fully saturated rings. The third kappa shape index (κ3) is 4.01. The summed E-state index contributed by atoms with van der Waals surface area (Å²) >= 11 is 0. The van der Waals surface area contributed by atoms with Crippen LogP contribution in [0.4, 0.5) is 4.39 Å². The van der Waals surface area contributed by atoms with Crippen molar-refractivity contribution in [3.05, 3.63) is 29.8 Å². The molecule has 0 saturated heterocycles. The van der Waals surface area contributed by atoms with Crippen molar-refractivity contribution in [1.82, 2.24) is 10.4 Å². The topological polar surface area (TPSA) is 69.4 Å². The minimum atomic E-state index is -0.571. The van der Waals surface area contributed by atoms with Gasteiger partial charge in [0.2, 0.25) is 0 Å². The molecule has 1 atom stereocenters. The molecule has 0 aliphatic rings. The van der Waals surface area contributed by atoms with E-state index in [0.29, 0.717) is 18.8 Å². The molecule has 1 heterocycles. The number of aromatic nitrogens is 1. The van der Waals surface area contributed by atoms with Crippen LogP contribution in [0.1, 0.15) is 25.5 Å². The fourth-order valence-electron chi connectivity index (χ4n) is 1.50. The van der Waals surface area contributed by atoms with Crippen molar-refractivity contribution >= 4 is 0 Å². The van der Waals surface area contributed by atoms with E-state index in [2.05, 4.69) is 10.4 Å². The second-order valence-electron chi connectivity index (χ2n) is 3.36. The first-order valence-corrected chi connectivity index (χ1v) is 5.52. The molecule has 1 aromatic heterocycles. The molecular weight excluding hydrogens is 225 g/mol. The van der Waals surface area contributed by atoms with Gasteiger partial charge in [0.05, 0.1) is 12.2 Å². The summed E-state index contributed by atoms with van der Waals surface area (Å²) in [5.74, 6) is 5.03. The molecule has 17 heavy (non-hydrogen) atoms. The lowest BCUT2D eigenvalue weighted by Crippen LogP contribution is -2.39. The predicted octanol–water partition coefficient (Wildman–Crippen LogP) is 1.12. The maximum absolute atomic E-state index is 13.1. The van der Waals surface area contributed by atoms with E-state index >= 15 is 0 Å². The van der Waals surface area contributed by atoms with E-state index in [1.54, 1.807) is 0 Å². The first kappa shape index (κ1) is 14.0. The van der Waals surface area contributed by atoms with Gasteiger partial charge in [0.25, 0.3) is 0 Å². The summed E-state index contributed by atoms with van der Waals surface area (Å²) < 4.78 is 23.9. The van der Waals surface area contributed by atoms with Gasteiger partial charge in [0.1, 0.15) is 5.82 Å². The van der Waals surface area contributed by atoms with Gasteiger partial charge in [-0.2, -0.15) is 0 Å². The first-order valence-electron chi connectivity index (χ1n) is 5.52. The molecule has 6 heteroatoms. The molecule has 1 rings (SSSR count). The van der Waals surface area contributed by atoms with Crippen LogP contribution in [0.25, 0.3) is 0 Å². The summed E-state index contributed by atoms with van der Waals surface area (Å²) in [6.45, 7) is 4.66. The van der Waals surface area contributed by atoms with Gasteiger partial charge in [0, 0.05) is 19.4 Å². The highest BCUT2D eigenvalue weighted by Gasteiger charge is 2.23. The van der Waals surface area contributed by atoms with Crippen molar-refractivity contribution in [2.24, 2.45) is 5.84 Å². The minimum Gasteiger partial charge on any atom is -0.351 e. The van der Waals surface area contributed by atoms with Crippen molar-refractivity contribution in [3.8, 4) is 0 Å².